The molecule has 0 fully saturated rings. The van der Waals surface area contributed by atoms with E-state index in [1.54, 1.807) is 13.0 Å². The number of nitrogens with one attached hydrogen (secondary N) is 1. The van der Waals surface area contributed by atoms with Crippen LogP contribution in [0.15, 0.2) is 43.1 Å². The van der Waals surface area contributed by atoms with Crippen molar-refractivity contribution in [2.75, 3.05) is 5.32 Å². The van der Waals surface area contributed by atoms with Gasteiger partial charge in [0.05, 0.1) is 28.8 Å². The number of halogens is 3. The van der Waals surface area contributed by atoms with Gasteiger partial charge < -0.3 is 10.4 Å². The Balaban J connectivity index is 2.08. The fourth-order valence-corrected chi connectivity index (χ4v) is 2.48. The maximum absolute atomic E-state index is 12.8. The highest BCUT2D eigenvalue weighted by Crippen LogP contribution is 2.37. The van der Waals surface area contributed by atoms with E-state index in [1.807, 2.05) is 0 Å². The van der Waals surface area contributed by atoms with E-state index in [2.05, 4.69) is 22.0 Å². The van der Waals surface area contributed by atoms with Crippen LogP contribution in [0.1, 0.15) is 11.3 Å². The van der Waals surface area contributed by atoms with Gasteiger partial charge >= 0.3 is 6.18 Å². The van der Waals surface area contributed by atoms with Crippen molar-refractivity contribution in [3.05, 3.63) is 54.4 Å². The maximum Gasteiger partial charge on any atom is 0.419 e. The summed E-state index contributed by atoms with van der Waals surface area (Å²) in [4.78, 5) is 15.6. The standard InChI is InChI=1S/C17H13F3N4O2/c1-3-15(26)22-10-6-12-9(2)23-24(16(12)21-8-10)11-4-5-13(14(25)7-11)17(18,19)20/h3-8,25H,1H2,2H3,(H,22,26). The van der Waals surface area contributed by atoms with Gasteiger partial charge in [-0.2, -0.15) is 18.3 Å². The Morgan fingerprint density at radius 2 is 2.08 bits per heavy atom. The molecular weight excluding hydrogens is 349 g/mol. The number of carbonyl (C=O) groups excluding carboxylic acids is 1. The Kier molecular flexibility index (Phi) is 4.15. The second kappa shape index (κ2) is 6.17. The summed E-state index contributed by atoms with van der Waals surface area (Å²) in [6.45, 7) is 5.06. The lowest BCUT2D eigenvalue weighted by atomic mass is 10.1. The summed E-state index contributed by atoms with van der Waals surface area (Å²) < 4.78 is 39.7. The number of rotatable bonds is 3. The highest BCUT2D eigenvalue weighted by molar-refractivity contribution is 6.00. The molecule has 0 aliphatic carbocycles. The van der Waals surface area contributed by atoms with Crippen LogP contribution in [0.2, 0.25) is 0 Å². The molecule has 0 aliphatic rings. The minimum Gasteiger partial charge on any atom is -0.507 e. The molecular formula is C17H13F3N4O2. The minimum absolute atomic E-state index is 0.226. The molecule has 1 aromatic carbocycles. The van der Waals surface area contributed by atoms with Crippen molar-refractivity contribution in [1.82, 2.24) is 14.8 Å². The molecule has 9 heteroatoms. The van der Waals surface area contributed by atoms with Gasteiger partial charge in [0, 0.05) is 11.5 Å². The molecule has 6 nitrogen and oxygen atoms in total. The Hall–Kier alpha value is -3.36. The van der Waals surface area contributed by atoms with E-state index < -0.39 is 23.4 Å². The van der Waals surface area contributed by atoms with Crippen LogP contribution in [0.4, 0.5) is 18.9 Å². The Morgan fingerprint density at radius 3 is 2.69 bits per heavy atom. The number of aromatic nitrogens is 3. The van der Waals surface area contributed by atoms with Crippen LogP contribution in [-0.4, -0.2) is 25.8 Å². The van der Waals surface area contributed by atoms with Crippen LogP contribution < -0.4 is 5.32 Å². The lowest BCUT2D eigenvalue weighted by Gasteiger charge is -2.10. The lowest BCUT2D eigenvalue weighted by molar-refractivity contribution is -0.138. The molecule has 134 valence electrons. The van der Waals surface area contributed by atoms with Crippen LogP contribution in [0, 0.1) is 6.92 Å². The van der Waals surface area contributed by atoms with Crippen LogP contribution in [0.25, 0.3) is 16.7 Å². The molecule has 0 spiro atoms. The first-order valence-corrected chi connectivity index (χ1v) is 7.40. The van der Waals surface area contributed by atoms with E-state index in [4.69, 9.17) is 0 Å². The highest BCUT2D eigenvalue weighted by atomic mass is 19.4. The van der Waals surface area contributed by atoms with Crippen LogP contribution >= 0.6 is 0 Å². The molecule has 0 saturated carbocycles. The van der Waals surface area contributed by atoms with Gasteiger partial charge in [-0.05, 0) is 31.2 Å². The molecule has 26 heavy (non-hydrogen) atoms. The number of anilines is 1. The lowest BCUT2D eigenvalue weighted by Crippen LogP contribution is -2.08. The zero-order chi connectivity index (χ0) is 19.1. The molecule has 0 aliphatic heterocycles. The van der Waals surface area contributed by atoms with Gasteiger partial charge in [0.2, 0.25) is 5.91 Å². The molecule has 3 aromatic rings. The summed E-state index contributed by atoms with van der Waals surface area (Å²) in [5.74, 6) is -1.30. The summed E-state index contributed by atoms with van der Waals surface area (Å²) in [5.41, 5.74) is 0.459. The predicted octanol–water partition coefficient (Wildman–Crippen LogP) is 3.58. The summed E-state index contributed by atoms with van der Waals surface area (Å²) in [6, 6.07) is 4.60. The van der Waals surface area contributed by atoms with Crippen molar-refractivity contribution in [3.63, 3.8) is 0 Å². The van der Waals surface area contributed by atoms with Crippen molar-refractivity contribution in [1.29, 1.82) is 0 Å². The SMILES string of the molecule is C=CC(=O)Nc1cnc2c(c1)c(C)nn2-c1ccc(C(F)(F)F)c(O)c1. The summed E-state index contributed by atoms with van der Waals surface area (Å²) >= 11 is 0. The predicted molar refractivity (Wildman–Crippen MR) is 89.1 cm³/mol. The first-order chi connectivity index (χ1) is 12.2. The van der Waals surface area contributed by atoms with Gasteiger partial charge in [0.15, 0.2) is 5.65 Å². The number of pyridine rings is 1. The fraction of sp³-hybridized carbons (Fsp3) is 0.118. The monoisotopic (exact) mass is 362 g/mol. The number of alkyl halides is 3. The summed E-state index contributed by atoms with van der Waals surface area (Å²) in [6.07, 6.45) is -2.14. The van der Waals surface area contributed by atoms with Crippen LogP contribution in [0.5, 0.6) is 5.75 Å². The number of phenolic OH excluding ortho intramolecular Hbond substituents is 1. The second-order valence-electron chi connectivity index (χ2n) is 5.48. The number of phenols is 1. The number of nitrogens with zero attached hydrogens (tertiary/aromatic N) is 3. The number of amides is 1. The van der Waals surface area contributed by atoms with E-state index in [1.165, 1.54) is 16.9 Å². The van der Waals surface area contributed by atoms with E-state index in [0.717, 1.165) is 18.2 Å². The highest BCUT2D eigenvalue weighted by Gasteiger charge is 2.34. The van der Waals surface area contributed by atoms with Crippen molar-refractivity contribution in [3.8, 4) is 11.4 Å². The molecule has 2 heterocycles. The smallest absolute Gasteiger partial charge is 0.419 e. The molecule has 0 bridgehead atoms. The van der Waals surface area contributed by atoms with Gasteiger partial charge in [-0.1, -0.05) is 6.58 Å². The van der Waals surface area contributed by atoms with Gasteiger partial charge in [-0.3, -0.25) is 4.79 Å². The molecule has 2 aromatic heterocycles. The van der Waals surface area contributed by atoms with Crippen molar-refractivity contribution < 1.29 is 23.1 Å². The first kappa shape index (κ1) is 17.5. The number of fused-ring (bicyclic) bond motifs is 1. The number of aryl methyl sites for hydroxylation is 1. The van der Waals surface area contributed by atoms with E-state index in [0.29, 0.717) is 22.4 Å². The number of aromatic hydroxyl groups is 1. The number of hydrogen-bond acceptors (Lipinski definition) is 4. The van der Waals surface area contributed by atoms with Crippen LogP contribution in [-0.2, 0) is 11.0 Å². The molecule has 0 radical (unpaired) electrons. The number of hydrogen-bond donors (Lipinski definition) is 2. The summed E-state index contributed by atoms with van der Waals surface area (Å²) in [5, 5.41) is 17.1. The van der Waals surface area contributed by atoms with E-state index >= 15 is 0 Å². The molecule has 3 rings (SSSR count). The Labute approximate surface area is 145 Å². The molecule has 2 N–H and O–H groups in total. The minimum atomic E-state index is -4.65. The molecule has 0 saturated heterocycles. The van der Waals surface area contributed by atoms with Crippen molar-refractivity contribution >= 4 is 22.6 Å². The third-order valence-electron chi connectivity index (χ3n) is 3.69. The molecule has 1 amide bonds. The summed E-state index contributed by atoms with van der Waals surface area (Å²) in [7, 11) is 0. The van der Waals surface area contributed by atoms with E-state index in [9.17, 15) is 23.1 Å². The number of benzene rings is 1. The first-order valence-electron chi connectivity index (χ1n) is 7.40. The zero-order valence-electron chi connectivity index (χ0n) is 13.5. The second-order valence-corrected chi connectivity index (χ2v) is 5.48. The third-order valence-corrected chi connectivity index (χ3v) is 3.69. The van der Waals surface area contributed by atoms with Crippen molar-refractivity contribution in [2.45, 2.75) is 13.1 Å². The largest absolute Gasteiger partial charge is 0.507 e. The average Bonchev–Trinajstić information content (AvgIpc) is 2.90. The molecule has 0 atom stereocenters. The number of carbonyl (C=O) groups is 1. The van der Waals surface area contributed by atoms with E-state index in [-0.39, 0.29) is 5.69 Å². The van der Waals surface area contributed by atoms with Gasteiger partial charge in [-0.15, -0.1) is 0 Å². The average molecular weight is 362 g/mol. The van der Waals surface area contributed by atoms with Crippen molar-refractivity contribution in [2.24, 2.45) is 0 Å². The maximum atomic E-state index is 12.8. The Morgan fingerprint density at radius 1 is 1.35 bits per heavy atom. The Bertz CT molecular complexity index is 1020. The normalized spacial score (nSPS) is 11.5. The fourth-order valence-electron chi connectivity index (χ4n) is 2.48. The third kappa shape index (κ3) is 3.10. The molecule has 0 unspecified atom stereocenters. The topological polar surface area (TPSA) is 80.0 Å². The van der Waals surface area contributed by atoms with Gasteiger partial charge in [-0.25, -0.2) is 9.67 Å². The van der Waals surface area contributed by atoms with Gasteiger partial charge in [0.25, 0.3) is 0 Å². The quantitative estimate of drug-likeness (QED) is 0.698. The zero-order valence-corrected chi connectivity index (χ0v) is 13.5. The van der Waals surface area contributed by atoms with Gasteiger partial charge in [0.1, 0.15) is 5.75 Å². The van der Waals surface area contributed by atoms with Crippen LogP contribution in [0.3, 0.4) is 0 Å².